The number of ketones is 1. The zero-order valence-corrected chi connectivity index (χ0v) is 13.1. The van der Waals surface area contributed by atoms with Gasteiger partial charge in [0.05, 0.1) is 5.69 Å². The SMILES string of the molecule is O=C(c1ccc(Oc2ccccc2)nc1)c1cc2cc(O)ccc2[nH]1. The molecule has 0 radical (unpaired) electrons. The first-order valence-corrected chi connectivity index (χ1v) is 7.74. The molecule has 25 heavy (non-hydrogen) atoms. The fraction of sp³-hybridized carbons (Fsp3) is 0. The van der Waals surface area contributed by atoms with Crippen molar-refractivity contribution >= 4 is 16.7 Å². The molecule has 2 aromatic heterocycles. The van der Waals surface area contributed by atoms with Crippen molar-refractivity contribution in [2.24, 2.45) is 0 Å². The van der Waals surface area contributed by atoms with E-state index in [1.54, 1.807) is 36.4 Å². The second-order valence-corrected chi connectivity index (χ2v) is 5.58. The van der Waals surface area contributed by atoms with E-state index >= 15 is 0 Å². The minimum Gasteiger partial charge on any atom is -0.508 e. The predicted molar refractivity (Wildman–Crippen MR) is 94.1 cm³/mol. The second-order valence-electron chi connectivity index (χ2n) is 5.58. The fourth-order valence-electron chi connectivity index (χ4n) is 2.58. The number of hydrogen-bond donors (Lipinski definition) is 2. The van der Waals surface area contributed by atoms with Gasteiger partial charge in [-0.25, -0.2) is 4.98 Å². The van der Waals surface area contributed by atoms with Gasteiger partial charge >= 0.3 is 0 Å². The molecule has 0 saturated carbocycles. The molecule has 4 aromatic rings. The third-order valence-corrected chi connectivity index (χ3v) is 3.81. The van der Waals surface area contributed by atoms with Crippen molar-refractivity contribution in [2.75, 3.05) is 0 Å². The largest absolute Gasteiger partial charge is 0.508 e. The number of phenolic OH excluding ortho intramolecular Hbond substituents is 1. The third-order valence-electron chi connectivity index (χ3n) is 3.81. The van der Waals surface area contributed by atoms with Crippen molar-refractivity contribution in [2.45, 2.75) is 0 Å². The number of aromatic hydroxyl groups is 1. The van der Waals surface area contributed by atoms with Gasteiger partial charge in [0.2, 0.25) is 11.7 Å². The predicted octanol–water partition coefficient (Wildman–Crippen LogP) is 4.29. The average molecular weight is 330 g/mol. The number of aromatic amines is 1. The fourth-order valence-corrected chi connectivity index (χ4v) is 2.58. The molecule has 5 nitrogen and oxygen atoms in total. The molecule has 0 aliphatic rings. The molecule has 0 amide bonds. The molecular formula is C20H14N2O3. The molecule has 0 saturated heterocycles. The first-order chi connectivity index (χ1) is 12.2. The van der Waals surface area contributed by atoms with E-state index in [0.717, 1.165) is 10.9 Å². The summed E-state index contributed by atoms with van der Waals surface area (Å²) < 4.78 is 5.62. The first kappa shape index (κ1) is 15.0. The summed E-state index contributed by atoms with van der Waals surface area (Å²) >= 11 is 0. The highest BCUT2D eigenvalue weighted by molar-refractivity contribution is 6.10. The van der Waals surface area contributed by atoms with Crippen LogP contribution >= 0.6 is 0 Å². The number of para-hydroxylation sites is 1. The van der Waals surface area contributed by atoms with E-state index in [-0.39, 0.29) is 11.5 Å². The molecule has 2 heterocycles. The Bertz CT molecular complexity index is 1040. The molecule has 0 spiro atoms. The third kappa shape index (κ3) is 3.07. The Hall–Kier alpha value is -3.60. The number of hydrogen-bond acceptors (Lipinski definition) is 4. The van der Waals surface area contributed by atoms with Gasteiger partial charge in [0.1, 0.15) is 11.5 Å². The van der Waals surface area contributed by atoms with Crippen molar-refractivity contribution < 1.29 is 14.6 Å². The molecular weight excluding hydrogens is 316 g/mol. The van der Waals surface area contributed by atoms with Crippen LogP contribution in [0.4, 0.5) is 0 Å². The van der Waals surface area contributed by atoms with Crippen LogP contribution in [0.1, 0.15) is 16.1 Å². The van der Waals surface area contributed by atoms with Crippen molar-refractivity contribution in [3.05, 3.63) is 84.2 Å². The maximum Gasteiger partial charge on any atom is 0.219 e. The zero-order valence-electron chi connectivity index (χ0n) is 13.1. The van der Waals surface area contributed by atoms with Crippen molar-refractivity contribution in [3.8, 4) is 17.4 Å². The van der Waals surface area contributed by atoms with E-state index in [1.807, 2.05) is 30.3 Å². The number of H-pyrrole nitrogens is 1. The van der Waals surface area contributed by atoms with Gasteiger partial charge in [0.25, 0.3) is 0 Å². The Kier molecular flexibility index (Phi) is 3.67. The standard InChI is InChI=1S/C20H14N2O3/c23-15-7-8-17-14(10-15)11-18(22-17)20(24)13-6-9-19(21-12-13)25-16-4-2-1-3-5-16/h1-12,22-23H. The van der Waals surface area contributed by atoms with Gasteiger partial charge in [-0.15, -0.1) is 0 Å². The Morgan fingerprint density at radius 3 is 2.60 bits per heavy atom. The number of benzene rings is 2. The molecule has 0 bridgehead atoms. The molecule has 0 atom stereocenters. The highest BCUT2D eigenvalue weighted by atomic mass is 16.5. The number of pyridine rings is 1. The van der Waals surface area contributed by atoms with Crippen LogP contribution in [0, 0.1) is 0 Å². The van der Waals surface area contributed by atoms with E-state index in [2.05, 4.69) is 9.97 Å². The molecule has 0 aliphatic heterocycles. The van der Waals surface area contributed by atoms with Gasteiger partial charge < -0.3 is 14.8 Å². The molecule has 122 valence electrons. The molecule has 0 fully saturated rings. The molecule has 4 rings (SSSR count). The number of ether oxygens (including phenoxy) is 1. The number of nitrogens with zero attached hydrogens (tertiary/aromatic N) is 1. The normalized spacial score (nSPS) is 10.7. The summed E-state index contributed by atoms with van der Waals surface area (Å²) in [6, 6.07) is 19.3. The van der Waals surface area contributed by atoms with Crippen LogP contribution in [0.5, 0.6) is 17.4 Å². The minimum absolute atomic E-state index is 0.162. The number of carbonyl (C=O) groups is 1. The van der Waals surface area contributed by atoms with Crippen LogP contribution in [0.2, 0.25) is 0 Å². The number of rotatable bonds is 4. The van der Waals surface area contributed by atoms with Gasteiger partial charge in [0, 0.05) is 28.7 Å². The summed E-state index contributed by atoms with van der Waals surface area (Å²) in [7, 11) is 0. The number of carbonyl (C=O) groups excluding carboxylic acids is 1. The smallest absolute Gasteiger partial charge is 0.219 e. The topological polar surface area (TPSA) is 75.2 Å². The summed E-state index contributed by atoms with van der Waals surface area (Å²) in [5, 5.41) is 10.3. The lowest BCUT2D eigenvalue weighted by Crippen LogP contribution is -2.02. The van der Waals surface area contributed by atoms with Gasteiger partial charge in [-0.05, 0) is 42.5 Å². The average Bonchev–Trinajstić information content (AvgIpc) is 3.06. The highest BCUT2D eigenvalue weighted by Gasteiger charge is 2.13. The van der Waals surface area contributed by atoms with E-state index < -0.39 is 0 Å². The van der Waals surface area contributed by atoms with Gasteiger partial charge in [-0.2, -0.15) is 0 Å². The highest BCUT2D eigenvalue weighted by Crippen LogP contribution is 2.23. The van der Waals surface area contributed by atoms with Crippen LogP contribution in [0.25, 0.3) is 10.9 Å². The molecule has 0 unspecified atom stereocenters. The lowest BCUT2D eigenvalue weighted by molar-refractivity contribution is 0.103. The maximum atomic E-state index is 12.6. The second kappa shape index (κ2) is 6.13. The summed E-state index contributed by atoms with van der Waals surface area (Å²) in [6.07, 6.45) is 1.49. The van der Waals surface area contributed by atoms with Gasteiger partial charge in [-0.3, -0.25) is 4.79 Å². The number of phenols is 1. The molecule has 5 heteroatoms. The Labute approximate surface area is 143 Å². The lowest BCUT2D eigenvalue weighted by atomic mass is 10.1. The zero-order chi connectivity index (χ0) is 17.2. The Morgan fingerprint density at radius 2 is 1.84 bits per heavy atom. The monoisotopic (exact) mass is 330 g/mol. The number of nitrogens with one attached hydrogen (secondary N) is 1. The van der Waals surface area contributed by atoms with Crippen molar-refractivity contribution in [1.29, 1.82) is 0 Å². The number of aromatic nitrogens is 2. The van der Waals surface area contributed by atoms with Crippen molar-refractivity contribution in [3.63, 3.8) is 0 Å². The minimum atomic E-state index is -0.172. The van der Waals surface area contributed by atoms with Crippen LogP contribution in [0.15, 0.2) is 72.9 Å². The van der Waals surface area contributed by atoms with Crippen LogP contribution in [0.3, 0.4) is 0 Å². The summed E-state index contributed by atoms with van der Waals surface area (Å²) in [6.45, 7) is 0. The van der Waals surface area contributed by atoms with E-state index in [0.29, 0.717) is 22.9 Å². The van der Waals surface area contributed by atoms with Gasteiger partial charge in [-0.1, -0.05) is 18.2 Å². The maximum absolute atomic E-state index is 12.6. The summed E-state index contributed by atoms with van der Waals surface area (Å²) in [4.78, 5) is 19.8. The van der Waals surface area contributed by atoms with E-state index in [4.69, 9.17) is 4.74 Å². The summed E-state index contributed by atoms with van der Waals surface area (Å²) in [5.74, 6) is 1.10. The molecule has 0 aliphatic carbocycles. The Balaban J connectivity index is 1.57. The Morgan fingerprint density at radius 1 is 1.00 bits per heavy atom. The molecule has 2 aromatic carbocycles. The quantitative estimate of drug-likeness (QED) is 0.547. The van der Waals surface area contributed by atoms with Crippen LogP contribution < -0.4 is 4.74 Å². The lowest BCUT2D eigenvalue weighted by Gasteiger charge is -2.04. The number of fused-ring (bicyclic) bond motifs is 1. The van der Waals surface area contributed by atoms with E-state index in [1.165, 1.54) is 6.20 Å². The van der Waals surface area contributed by atoms with Gasteiger partial charge in [0.15, 0.2) is 0 Å². The van der Waals surface area contributed by atoms with E-state index in [9.17, 15) is 9.90 Å². The first-order valence-electron chi connectivity index (χ1n) is 7.74. The van der Waals surface area contributed by atoms with Crippen LogP contribution in [-0.2, 0) is 0 Å². The molecule has 2 N–H and O–H groups in total. The van der Waals surface area contributed by atoms with Crippen LogP contribution in [-0.4, -0.2) is 20.9 Å². The van der Waals surface area contributed by atoms with Crippen molar-refractivity contribution in [1.82, 2.24) is 9.97 Å². The summed E-state index contributed by atoms with van der Waals surface area (Å²) in [5.41, 5.74) is 1.69.